The van der Waals surface area contributed by atoms with Gasteiger partial charge in [-0.2, -0.15) is 15.8 Å². The first-order chi connectivity index (χ1) is 5.96. The van der Waals surface area contributed by atoms with E-state index in [0.29, 0.717) is 0 Å². The molecule has 0 aromatic heterocycles. The molecule has 66 valence electrons. The average molecular weight is 175 g/mol. The Morgan fingerprint density at radius 2 is 1.77 bits per heavy atom. The summed E-state index contributed by atoms with van der Waals surface area (Å²) in [5.41, 5.74) is 4.01. The lowest BCUT2D eigenvalue weighted by Gasteiger charge is -2.17. The molecular formula is C8H9N5. The van der Waals surface area contributed by atoms with Crippen molar-refractivity contribution in [3.63, 3.8) is 0 Å². The number of allylic oxidation sites excluding steroid dienone is 2. The molecule has 0 fully saturated rings. The van der Waals surface area contributed by atoms with Gasteiger partial charge >= 0.3 is 0 Å². The van der Waals surface area contributed by atoms with Crippen molar-refractivity contribution in [1.82, 2.24) is 5.32 Å². The number of rotatable bonds is 2. The molecule has 0 spiro atoms. The molecule has 0 bridgehead atoms. The van der Waals surface area contributed by atoms with E-state index >= 15 is 0 Å². The second kappa shape index (κ2) is 3.99. The molecule has 0 rings (SSSR count). The Bertz CT molecular complexity index is 344. The molecule has 0 saturated heterocycles. The quantitative estimate of drug-likeness (QED) is 0.578. The van der Waals surface area contributed by atoms with Crippen LogP contribution in [0.15, 0.2) is 11.4 Å². The monoisotopic (exact) mass is 175 g/mol. The maximum Gasteiger partial charge on any atom is 0.149 e. The van der Waals surface area contributed by atoms with Gasteiger partial charge in [-0.25, -0.2) is 0 Å². The SMILES string of the molecule is CC(C)(C#N)N/C(C#N)=C(\N)C#N. The van der Waals surface area contributed by atoms with Crippen molar-refractivity contribution in [2.45, 2.75) is 19.4 Å². The minimum absolute atomic E-state index is 0.0750. The van der Waals surface area contributed by atoms with Crippen LogP contribution < -0.4 is 11.1 Å². The molecule has 0 heterocycles. The van der Waals surface area contributed by atoms with Crippen LogP contribution in [0.4, 0.5) is 0 Å². The van der Waals surface area contributed by atoms with E-state index in [1.165, 1.54) is 0 Å². The number of nitrogens with two attached hydrogens (primary N) is 1. The number of nitriles is 3. The molecular weight excluding hydrogens is 166 g/mol. The average Bonchev–Trinajstić information content (AvgIpc) is 2.13. The zero-order valence-corrected chi connectivity index (χ0v) is 7.42. The lowest BCUT2D eigenvalue weighted by molar-refractivity contribution is 0.551. The van der Waals surface area contributed by atoms with Gasteiger partial charge in [0.1, 0.15) is 29.1 Å². The molecule has 0 radical (unpaired) electrons. The highest BCUT2D eigenvalue weighted by molar-refractivity contribution is 5.34. The van der Waals surface area contributed by atoms with Crippen molar-refractivity contribution < 1.29 is 0 Å². The highest BCUT2D eigenvalue weighted by atomic mass is 15.0. The second-order valence-electron chi connectivity index (χ2n) is 2.87. The van der Waals surface area contributed by atoms with E-state index < -0.39 is 5.54 Å². The molecule has 0 saturated carbocycles. The Labute approximate surface area is 76.7 Å². The van der Waals surface area contributed by atoms with Crippen molar-refractivity contribution in [3.8, 4) is 18.2 Å². The van der Waals surface area contributed by atoms with E-state index in [1.54, 1.807) is 26.0 Å². The Hall–Kier alpha value is -2.19. The highest BCUT2D eigenvalue weighted by Gasteiger charge is 2.18. The predicted octanol–water partition coefficient (Wildman–Crippen LogP) is 0.0956. The lowest BCUT2D eigenvalue weighted by atomic mass is 10.1. The van der Waals surface area contributed by atoms with Crippen LogP contribution in [-0.4, -0.2) is 5.54 Å². The second-order valence-corrected chi connectivity index (χ2v) is 2.87. The molecule has 0 aromatic rings. The van der Waals surface area contributed by atoms with Gasteiger partial charge in [0.25, 0.3) is 0 Å². The van der Waals surface area contributed by atoms with Crippen molar-refractivity contribution in [3.05, 3.63) is 11.4 Å². The maximum atomic E-state index is 8.62. The summed E-state index contributed by atoms with van der Waals surface area (Å²) in [5, 5.41) is 28.2. The molecule has 0 atom stereocenters. The summed E-state index contributed by atoms with van der Waals surface area (Å²) in [7, 11) is 0. The summed E-state index contributed by atoms with van der Waals surface area (Å²) in [6, 6.07) is 5.26. The van der Waals surface area contributed by atoms with Crippen LogP contribution in [0.3, 0.4) is 0 Å². The molecule has 5 heteroatoms. The number of nitrogens with one attached hydrogen (secondary N) is 1. The first kappa shape index (κ1) is 10.8. The summed E-state index contributed by atoms with van der Waals surface area (Å²) in [5.74, 6) is 0. The standard InChI is InChI=1S/C8H9N5/c1-8(2,5-11)13-7(4-10)6(12)3-9/h13H,12H2,1-2H3/b7-6-. The Morgan fingerprint density at radius 3 is 2.08 bits per heavy atom. The molecule has 0 amide bonds. The van der Waals surface area contributed by atoms with Gasteiger partial charge < -0.3 is 11.1 Å². The lowest BCUT2D eigenvalue weighted by Crippen LogP contribution is -2.37. The van der Waals surface area contributed by atoms with Crippen LogP contribution >= 0.6 is 0 Å². The van der Waals surface area contributed by atoms with Gasteiger partial charge in [0.05, 0.1) is 6.07 Å². The Kier molecular flexibility index (Phi) is 3.32. The fourth-order valence-corrected chi connectivity index (χ4v) is 0.552. The molecule has 0 aliphatic carbocycles. The molecule has 5 nitrogen and oxygen atoms in total. The van der Waals surface area contributed by atoms with Gasteiger partial charge in [-0.05, 0) is 13.8 Å². The van der Waals surface area contributed by atoms with E-state index in [2.05, 4.69) is 5.32 Å². The van der Waals surface area contributed by atoms with Crippen molar-refractivity contribution in [2.75, 3.05) is 0 Å². The Balaban J connectivity index is 4.86. The zero-order chi connectivity index (χ0) is 10.5. The number of hydrogen-bond acceptors (Lipinski definition) is 5. The van der Waals surface area contributed by atoms with Gasteiger partial charge in [-0.15, -0.1) is 0 Å². The van der Waals surface area contributed by atoms with Crippen LogP contribution in [0.25, 0.3) is 0 Å². The largest absolute Gasteiger partial charge is 0.388 e. The first-order valence-corrected chi connectivity index (χ1v) is 3.46. The molecule has 0 unspecified atom stereocenters. The number of nitrogens with zero attached hydrogens (tertiary/aromatic N) is 3. The summed E-state index contributed by atoms with van der Waals surface area (Å²) >= 11 is 0. The van der Waals surface area contributed by atoms with Gasteiger partial charge in [-0.3, -0.25) is 0 Å². The predicted molar refractivity (Wildman–Crippen MR) is 45.3 cm³/mol. The molecule has 0 aliphatic rings. The zero-order valence-electron chi connectivity index (χ0n) is 7.42. The van der Waals surface area contributed by atoms with Crippen LogP contribution in [0.1, 0.15) is 13.8 Å². The Morgan fingerprint density at radius 1 is 1.23 bits per heavy atom. The topological polar surface area (TPSA) is 109 Å². The molecule has 3 N–H and O–H groups in total. The van der Waals surface area contributed by atoms with E-state index in [0.717, 1.165) is 0 Å². The molecule has 13 heavy (non-hydrogen) atoms. The fourth-order valence-electron chi connectivity index (χ4n) is 0.552. The van der Waals surface area contributed by atoms with Gasteiger partial charge in [-0.1, -0.05) is 0 Å². The van der Waals surface area contributed by atoms with E-state index in [-0.39, 0.29) is 11.4 Å². The van der Waals surface area contributed by atoms with E-state index in [1.807, 2.05) is 6.07 Å². The van der Waals surface area contributed by atoms with Crippen LogP contribution in [0.2, 0.25) is 0 Å². The van der Waals surface area contributed by atoms with Crippen LogP contribution in [0.5, 0.6) is 0 Å². The minimum atomic E-state index is -0.910. The van der Waals surface area contributed by atoms with Gasteiger partial charge in [0, 0.05) is 0 Å². The van der Waals surface area contributed by atoms with Crippen molar-refractivity contribution >= 4 is 0 Å². The third-order valence-corrected chi connectivity index (χ3v) is 1.22. The summed E-state index contributed by atoms with van der Waals surface area (Å²) in [6.45, 7) is 3.16. The smallest absolute Gasteiger partial charge is 0.149 e. The van der Waals surface area contributed by atoms with Crippen molar-refractivity contribution in [2.24, 2.45) is 5.73 Å². The minimum Gasteiger partial charge on any atom is -0.388 e. The molecule has 0 aromatic carbocycles. The third-order valence-electron chi connectivity index (χ3n) is 1.22. The maximum absolute atomic E-state index is 8.62. The number of hydrogen-bond donors (Lipinski definition) is 2. The van der Waals surface area contributed by atoms with E-state index in [9.17, 15) is 0 Å². The summed E-state index contributed by atoms with van der Waals surface area (Å²) in [6.07, 6.45) is 0. The van der Waals surface area contributed by atoms with Gasteiger partial charge in [0.2, 0.25) is 0 Å². The summed E-state index contributed by atoms with van der Waals surface area (Å²) < 4.78 is 0. The highest BCUT2D eigenvalue weighted by Crippen LogP contribution is 2.04. The summed E-state index contributed by atoms with van der Waals surface area (Å²) in [4.78, 5) is 0. The van der Waals surface area contributed by atoms with Gasteiger partial charge in [0.15, 0.2) is 0 Å². The fraction of sp³-hybridized carbons (Fsp3) is 0.375. The van der Waals surface area contributed by atoms with E-state index in [4.69, 9.17) is 21.5 Å². The first-order valence-electron chi connectivity index (χ1n) is 3.46. The van der Waals surface area contributed by atoms with Crippen LogP contribution in [-0.2, 0) is 0 Å². The van der Waals surface area contributed by atoms with Crippen LogP contribution in [0, 0.1) is 34.0 Å². The third kappa shape index (κ3) is 3.14. The molecule has 0 aliphatic heterocycles. The normalized spacial score (nSPS) is 11.6. The van der Waals surface area contributed by atoms with Crippen molar-refractivity contribution in [1.29, 1.82) is 15.8 Å².